The SMILES string of the molecule is CCC(=O)N1c2ccccc2C(NCC23CC(C(C)C)(C2)C3)CC1C. The van der Waals surface area contributed by atoms with Gasteiger partial charge in [0.2, 0.25) is 5.91 Å². The van der Waals surface area contributed by atoms with Crippen molar-refractivity contribution in [1.82, 2.24) is 5.32 Å². The van der Waals surface area contributed by atoms with E-state index in [1.807, 2.05) is 11.8 Å². The number of hydrogen-bond donors (Lipinski definition) is 1. The van der Waals surface area contributed by atoms with E-state index in [4.69, 9.17) is 0 Å². The molecule has 0 aromatic heterocycles. The van der Waals surface area contributed by atoms with Gasteiger partial charge in [-0.2, -0.15) is 0 Å². The number of hydrogen-bond acceptors (Lipinski definition) is 2. The molecule has 2 unspecified atom stereocenters. The molecule has 4 aliphatic rings. The number of fused-ring (bicyclic) bond motifs is 1. The number of benzene rings is 1. The Morgan fingerprint density at radius 2 is 1.96 bits per heavy atom. The van der Waals surface area contributed by atoms with Crippen molar-refractivity contribution in [2.75, 3.05) is 11.4 Å². The lowest BCUT2D eigenvalue weighted by Crippen LogP contribution is -2.67. The van der Waals surface area contributed by atoms with E-state index in [0.29, 0.717) is 23.3 Å². The summed E-state index contributed by atoms with van der Waals surface area (Å²) in [5.74, 6) is 1.06. The van der Waals surface area contributed by atoms with Crippen LogP contribution in [-0.4, -0.2) is 18.5 Å². The van der Waals surface area contributed by atoms with Crippen LogP contribution in [0.4, 0.5) is 5.69 Å². The lowest BCUT2D eigenvalue weighted by molar-refractivity contribution is -0.226. The van der Waals surface area contributed by atoms with E-state index >= 15 is 0 Å². The third-order valence-corrected chi connectivity index (χ3v) is 7.29. The highest BCUT2D eigenvalue weighted by Crippen LogP contribution is 2.75. The number of carbonyl (C=O) groups is 1. The van der Waals surface area contributed by atoms with Crippen LogP contribution >= 0.6 is 0 Å². The van der Waals surface area contributed by atoms with Crippen molar-refractivity contribution in [3.05, 3.63) is 29.8 Å². The minimum Gasteiger partial charge on any atom is -0.309 e. The molecule has 3 heteroatoms. The van der Waals surface area contributed by atoms with Gasteiger partial charge in [0.1, 0.15) is 0 Å². The molecule has 5 rings (SSSR count). The van der Waals surface area contributed by atoms with Crippen molar-refractivity contribution in [3.8, 4) is 0 Å². The van der Waals surface area contributed by atoms with E-state index in [-0.39, 0.29) is 11.9 Å². The predicted octanol–water partition coefficient (Wildman–Crippen LogP) is 4.68. The van der Waals surface area contributed by atoms with Gasteiger partial charge in [0.05, 0.1) is 0 Å². The molecule has 0 saturated heterocycles. The summed E-state index contributed by atoms with van der Waals surface area (Å²) in [6, 6.07) is 9.10. The summed E-state index contributed by atoms with van der Waals surface area (Å²) in [6.07, 6.45) is 5.81. The lowest BCUT2D eigenvalue weighted by Gasteiger charge is -2.73. The molecule has 1 aromatic carbocycles. The molecule has 1 heterocycles. The highest BCUT2D eigenvalue weighted by molar-refractivity contribution is 5.95. The third-order valence-electron chi connectivity index (χ3n) is 7.29. The monoisotopic (exact) mass is 340 g/mol. The van der Waals surface area contributed by atoms with Crippen molar-refractivity contribution in [2.45, 2.75) is 71.9 Å². The number of carbonyl (C=O) groups excluding carboxylic acids is 1. The Morgan fingerprint density at radius 3 is 2.60 bits per heavy atom. The Bertz CT molecular complexity index is 661. The molecule has 136 valence electrons. The molecule has 3 nitrogen and oxygen atoms in total. The van der Waals surface area contributed by atoms with Gasteiger partial charge in [-0.3, -0.25) is 4.79 Å². The number of nitrogens with one attached hydrogen (secondary N) is 1. The van der Waals surface area contributed by atoms with E-state index in [0.717, 1.165) is 24.6 Å². The van der Waals surface area contributed by atoms with E-state index in [1.165, 1.54) is 24.8 Å². The molecule has 1 amide bonds. The fourth-order valence-electron chi connectivity index (χ4n) is 5.78. The van der Waals surface area contributed by atoms with Gasteiger partial charge < -0.3 is 10.2 Å². The summed E-state index contributed by atoms with van der Waals surface area (Å²) in [7, 11) is 0. The summed E-state index contributed by atoms with van der Waals surface area (Å²) < 4.78 is 0. The Balaban J connectivity index is 1.47. The van der Waals surface area contributed by atoms with Crippen molar-refractivity contribution in [2.24, 2.45) is 16.7 Å². The lowest BCUT2D eigenvalue weighted by atomic mass is 9.32. The zero-order chi connectivity index (χ0) is 17.8. The van der Waals surface area contributed by atoms with Crippen molar-refractivity contribution in [3.63, 3.8) is 0 Å². The van der Waals surface area contributed by atoms with Crippen LogP contribution in [0.5, 0.6) is 0 Å². The highest BCUT2D eigenvalue weighted by Gasteiger charge is 2.67. The zero-order valence-electron chi connectivity index (χ0n) is 16.1. The minimum atomic E-state index is 0.233. The van der Waals surface area contributed by atoms with Crippen LogP contribution < -0.4 is 10.2 Å². The van der Waals surface area contributed by atoms with Gasteiger partial charge in [-0.05, 0) is 61.0 Å². The summed E-state index contributed by atoms with van der Waals surface area (Å²) in [5.41, 5.74) is 3.65. The van der Waals surface area contributed by atoms with Gasteiger partial charge in [0.25, 0.3) is 0 Å². The number of anilines is 1. The maximum Gasteiger partial charge on any atom is 0.226 e. The van der Waals surface area contributed by atoms with Crippen LogP contribution in [0.15, 0.2) is 24.3 Å². The molecule has 3 fully saturated rings. The molecule has 3 saturated carbocycles. The van der Waals surface area contributed by atoms with Crippen LogP contribution in [0.3, 0.4) is 0 Å². The second-order valence-electron chi connectivity index (χ2n) is 9.24. The summed E-state index contributed by atoms with van der Waals surface area (Å²) in [6.45, 7) is 10.0. The first-order valence-corrected chi connectivity index (χ1v) is 10.0. The third kappa shape index (κ3) is 2.54. The molecule has 2 atom stereocenters. The molecule has 0 radical (unpaired) electrons. The summed E-state index contributed by atoms with van der Waals surface area (Å²) >= 11 is 0. The average molecular weight is 341 g/mol. The van der Waals surface area contributed by atoms with Gasteiger partial charge in [-0.25, -0.2) is 0 Å². The first-order chi connectivity index (χ1) is 11.9. The molecule has 1 N–H and O–H groups in total. The van der Waals surface area contributed by atoms with Crippen LogP contribution in [0, 0.1) is 16.7 Å². The van der Waals surface area contributed by atoms with E-state index < -0.39 is 0 Å². The van der Waals surface area contributed by atoms with E-state index in [9.17, 15) is 4.79 Å². The number of para-hydroxylation sites is 1. The Morgan fingerprint density at radius 1 is 1.28 bits per heavy atom. The Labute approximate surface area is 152 Å². The normalized spacial score (nSPS) is 35.8. The zero-order valence-corrected chi connectivity index (χ0v) is 16.1. The van der Waals surface area contributed by atoms with Gasteiger partial charge in [-0.1, -0.05) is 39.0 Å². The van der Waals surface area contributed by atoms with Crippen LogP contribution in [0.1, 0.15) is 71.4 Å². The predicted molar refractivity (Wildman–Crippen MR) is 103 cm³/mol. The fourth-order valence-corrected chi connectivity index (χ4v) is 5.78. The Kier molecular flexibility index (Phi) is 3.99. The second kappa shape index (κ2) is 5.84. The number of nitrogens with zero attached hydrogens (tertiary/aromatic N) is 1. The quantitative estimate of drug-likeness (QED) is 0.844. The second-order valence-corrected chi connectivity index (χ2v) is 9.24. The topological polar surface area (TPSA) is 32.3 Å². The van der Waals surface area contributed by atoms with Crippen molar-refractivity contribution in [1.29, 1.82) is 0 Å². The van der Waals surface area contributed by atoms with Gasteiger partial charge in [0, 0.05) is 30.7 Å². The first-order valence-electron chi connectivity index (χ1n) is 10.0. The smallest absolute Gasteiger partial charge is 0.226 e. The van der Waals surface area contributed by atoms with Gasteiger partial charge >= 0.3 is 0 Å². The van der Waals surface area contributed by atoms with E-state index in [1.54, 1.807) is 0 Å². The highest BCUT2D eigenvalue weighted by atomic mass is 16.2. The van der Waals surface area contributed by atoms with E-state index in [2.05, 4.69) is 50.4 Å². The van der Waals surface area contributed by atoms with Crippen LogP contribution in [-0.2, 0) is 4.79 Å². The van der Waals surface area contributed by atoms with Crippen LogP contribution in [0.25, 0.3) is 0 Å². The van der Waals surface area contributed by atoms with Crippen molar-refractivity contribution < 1.29 is 4.79 Å². The summed E-state index contributed by atoms with van der Waals surface area (Å²) in [4.78, 5) is 14.4. The van der Waals surface area contributed by atoms with Gasteiger partial charge in [-0.15, -0.1) is 0 Å². The number of rotatable bonds is 5. The molecular weight excluding hydrogens is 308 g/mol. The molecule has 25 heavy (non-hydrogen) atoms. The molecular formula is C22H32N2O. The largest absolute Gasteiger partial charge is 0.309 e. The fraction of sp³-hybridized carbons (Fsp3) is 0.682. The molecule has 0 spiro atoms. The minimum absolute atomic E-state index is 0.233. The Hall–Kier alpha value is -1.35. The first kappa shape index (κ1) is 17.1. The average Bonchev–Trinajstić information content (AvgIpc) is 2.51. The molecule has 1 aromatic rings. The standard InChI is InChI=1S/C22H32N2O/c1-5-20(25)24-16(4)10-18(17-8-6-7-9-19(17)24)23-14-21-11-22(12-21,13-21)15(2)3/h6-9,15-16,18,23H,5,10-14H2,1-4H3. The molecule has 3 aliphatic carbocycles. The summed E-state index contributed by atoms with van der Waals surface area (Å²) in [5, 5.41) is 3.88. The molecule has 1 aliphatic heterocycles. The molecule has 2 bridgehead atoms. The van der Waals surface area contributed by atoms with Gasteiger partial charge in [0.15, 0.2) is 0 Å². The van der Waals surface area contributed by atoms with Crippen molar-refractivity contribution >= 4 is 11.6 Å². The van der Waals surface area contributed by atoms with Crippen LogP contribution in [0.2, 0.25) is 0 Å². The number of amides is 1. The maximum atomic E-state index is 12.4. The maximum absolute atomic E-state index is 12.4.